The highest BCUT2D eigenvalue weighted by Gasteiger charge is 2.22. The maximum atomic E-state index is 6.29. The maximum Gasteiger partial charge on any atom is 0.179 e. The molecule has 0 amide bonds. The van der Waals surface area contributed by atoms with Crippen molar-refractivity contribution >= 4 is 23.4 Å². The molecular weight excluding hydrogens is 296 g/mol. The average molecular weight is 317 g/mol. The standard InChI is InChI=1S/C14H21ClN2O2S/c1-17(3-6-20-2)12(9-16)10-7-11(15)14-13(8-10)18-4-5-19-14/h7-8,12H,3-6,9,16H2,1-2H3. The van der Waals surface area contributed by atoms with Crippen LogP contribution in [0.25, 0.3) is 0 Å². The third-order valence-electron chi connectivity index (χ3n) is 3.41. The fourth-order valence-electron chi connectivity index (χ4n) is 2.28. The summed E-state index contributed by atoms with van der Waals surface area (Å²) in [7, 11) is 2.08. The highest BCUT2D eigenvalue weighted by atomic mass is 35.5. The van der Waals surface area contributed by atoms with E-state index in [2.05, 4.69) is 18.2 Å². The average Bonchev–Trinajstić information content (AvgIpc) is 2.46. The van der Waals surface area contributed by atoms with E-state index in [4.69, 9.17) is 26.8 Å². The Labute approximate surface area is 129 Å². The topological polar surface area (TPSA) is 47.7 Å². The van der Waals surface area contributed by atoms with Crippen molar-refractivity contribution in [3.8, 4) is 11.5 Å². The Morgan fingerprint density at radius 2 is 2.15 bits per heavy atom. The van der Waals surface area contributed by atoms with Gasteiger partial charge in [0.2, 0.25) is 0 Å². The van der Waals surface area contributed by atoms with Crippen LogP contribution in [0.2, 0.25) is 5.02 Å². The first-order valence-corrected chi connectivity index (χ1v) is 8.42. The number of rotatable bonds is 6. The van der Waals surface area contributed by atoms with Gasteiger partial charge in [0.1, 0.15) is 13.2 Å². The van der Waals surface area contributed by atoms with Gasteiger partial charge < -0.3 is 15.2 Å². The second-order valence-corrected chi connectivity index (χ2v) is 6.14. The summed E-state index contributed by atoms with van der Waals surface area (Å²) in [5.41, 5.74) is 7.01. The first-order valence-electron chi connectivity index (χ1n) is 6.65. The fraction of sp³-hybridized carbons (Fsp3) is 0.571. The largest absolute Gasteiger partial charge is 0.486 e. The van der Waals surface area contributed by atoms with Gasteiger partial charge >= 0.3 is 0 Å². The van der Waals surface area contributed by atoms with E-state index in [9.17, 15) is 0 Å². The third kappa shape index (κ3) is 3.52. The quantitative estimate of drug-likeness (QED) is 0.873. The zero-order valence-corrected chi connectivity index (χ0v) is 13.5. The van der Waals surface area contributed by atoms with Gasteiger partial charge in [-0.25, -0.2) is 0 Å². The molecule has 1 aliphatic heterocycles. The first kappa shape index (κ1) is 15.8. The predicted octanol–water partition coefficient (Wildman–Crippen LogP) is 2.41. The minimum Gasteiger partial charge on any atom is -0.486 e. The SMILES string of the molecule is CSCCN(C)C(CN)c1cc(Cl)c2c(c1)OCCO2. The van der Waals surface area contributed by atoms with E-state index >= 15 is 0 Å². The molecule has 0 saturated heterocycles. The van der Waals surface area contributed by atoms with Crippen molar-refractivity contribution < 1.29 is 9.47 Å². The molecule has 20 heavy (non-hydrogen) atoms. The van der Waals surface area contributed by atoms with Gasteiger partial charge in [0.25, 0.3) is 0 Å². The van der Waals surface area contributed by atoms with Crippen molar-refractivity contribution in [3.05, 3.63) is 22.7 Å². The van der Waals surface area contributed by atoms with Crippen LogP contribution in [0.3, 0.4) is 0 Å². The Hall–Kier alpha value is -0.620. The van der Waals surface area contributed by atoms with Gasteiger partial charge in [-0.3, -0.25) is 4.90 Å². The van der Waals surface area contributed by atoms with Crippen molar-refractivity contribution in [1.82, 2.24) is 4.90 Å². The third-order valence-corrected chi connectivity index (χ3v) is 4.28. The van der Waals surface area contributed by atoms with Crippen LogP contribution in [-0.4, -0.2) is 50.3 Å². The van der Waals surface area contributed by atoms with Crippen molar-refractivity contribution in [1.29, 1.82) is 0 Å². The molecule has 112 valence electrons. The summed E-state index contributed by atoms with van der Waals surface area (Å²) >= 11 is 8.11. The molecule has 1 unspecified atom stereocenters. The van der Waals surface area contributed by atoms with Crippen LogP contribution in [0.5, 0.6) is 11.5 Å². The number of hydrogen-bond donors (Lipinski definition) is 1. The summed E-state index contributed by atoms with van der Waals surface area (Å²) in [6.45, 7) is 2.62. The Morgan fingerprint density at radius 3 is 2.85 bits per heavy atom. The predicted molar refractivity (Wildman–Crippen MR) is 85.2 cm³/mol. The highest BCUT2D eigenvalue weighted by molar-refractivity contribution is 7.98. The molecule has 0 fully saturated rings. The molecule has 0 saturated carbocycles. The zero-order chi connectivity index (χ0) is 14.5. The van der Waals surface area contributed by atoms with E-state index in [-0.39, 0.29) is 6.04 Å². The van der Waals surface area contributed by atoms with E-state index in [1.807, 2.05) is 23.9 Å². The van der Waals surface area contributed by atoms with Gasteiger partial charge in [-0.05, 0) is 31.0 Å². The smallest absolute Gasteiger partial charge is 0.179 e. The lowest BCUT2D eigenvalue weighted by Gasteiger charge is -2.29. The number of likely N-dealkylation sites (N-methyl/N-ethyl adjacent to an activating group) is 1. The maximum absolute atomic E-state index is 6.29. The number of benzene rings is 1. The van der Waals surface area contributed by atoms with Crippen molar-refractivity contribution in [3.63, 3.8) is 0 Å². The van der Waals surface area contributed by atoms with Crippen molar-refractivity contribution in [2.45, 2.75) is 6.04 Å². The van der Waals surface area contributed by atoms with Crippen LogP contribution in [0.15, 0.2) is 12.1 Å². The molecule has 2 rings (SSSR count). The van der Waals surface area contributed by atoms with Crippen LogP contribution in [-0.2, 0) is 0 Å². The molecule has 4 nitrogen and oxygen atoms in total. The van der Waals surface area contributed by atoms with Crippen molar-refractivity contribution in [2.24, 2.45) is 5.73 Å². The summed E-state index contributed by atoms with van der Waals surface area (Å²) in [6.07, 6.45) is 2.10. The van der Waals surface area contributed by atoms with Crippen LogP contribution in [0.1, 0.15) is 11.6 Å². The summed E-state index contributed by atoms with van der Waals surface area (Å²) in [4.78, 5) is 2.25. The second kappa shape index (κ2) is 7.41. The van der Waals surface area contributed by atoms with E-state index in [1.54, 1.807) is 0 Å². The molecule has 1 aromatic carbocycles. The first-order chi connectivity index (χ1) is 9.67. The molecule has 0 radical (unpaired) electrons. The molecule has 1 aliphatic rings. The van der Waals surface area contributed by atoms with E-state index in [0.717, 1.165) is 23.6 Å². The minimum absolute atomic E-state index is 0.135. The number of halogens is 1. The Balaban J connectivity index is 2.23. The summed E-state index contributed by atoms with van der Waals surface area (Å²) in [6, 6.07) is 4.06. The Kier molecular flexibility index (Phi) is 5.84. The molecule has 1 heterocycles. The monoisotopic (exact) mass is 316 g/mol. The van der Waals surface area contributed by atoms with E-state index in [1.165, 1.54) is 0 Å². The van der Waals surface area contributed by atoms with E-state index < -0.39 is 0 Å². The van der Waals surface area contributed by atoms with Gasteiger partial charge in [0, 0.05) is 24.9 Å². The molecule has 6 heteroatoms. The molecule has 0 spiro atoms. The molecule has 0 bridgehead atoms. The number of thioether (sulfide) groups is 1. The highest BCUT2D eigenvalue weighted by Crippen LogP contribution is 2.40. The zero-order valence-electron chi connectivity index (χ0n) is 11.9. The summed E-state index contributed by atoms with van der Waals surface area (Å²) < 4.78 is 11.2. The number of nitrogens with two attached hydrogens (primary N) is 1. The number of nitrogens with zero attached hydrogens (tertiary/aromatic N) is 1. The van der Waals surface area contributed by atoms with Crippen LogP contribution in [0.4, 0.5) is 0 Å². The summed E-state index contributed by atoms with van der Waals surface area (Å²) in [5.74, 6) is 2.44. The lowest BCUT2D eigenvalue weighted by atomic mass is 10.0. The molecule has 0 aromatic heterocycles. The molecule has 0 aliphatic carbocycles. The van der Waals surface area contributed by atoms with Gasteiger partial charge in [0.15, 0.2) is 11.5 Å². The van der Waals surface area contributed by atoms with Gasteiger partial charge in [0.05, 0.1) is 5.02 Å². The molecule has 1 atom stereocenters. The van der Waals surface area contributed by atoms with Gasteiger partial charge in [-0.2, -0.15) is 11.8 Å². The number of fused-ring (bicyclic) bond motifs is 1. The number of hydrogen-bond acceptors (Lipinski definition) is 5. The minimum atomic E-state index is 0.135. The van der Waals surface area contributed by atoms with Crippen LogP contribution >= 0.6 is 23.4 Å². The Bertz CT molecular complexity index is 459. The van der Waals surface area contributed by atoms with Gasteiger partial charge in [-0.15, -0.1) is 0 Å². The van der Waals surface area contributed by atoms with Gasteiger partial charge in [-0.1, -0.05) is 11.6 Å². The molecular formula is C14H21ClN2O2S. The second-order valence-electron chi connectivity index (χ2n) is 4.75. The van der Waals surface area contributed by atoms with Crippen molar-refractivity contribution in [2.75, 3.05) is 45.4 Å². The normalized spacial score (nSPS) is 15.4. The fourth-order valence-corrected chi connectivity index (χ4v) is 3.03. The lowest BCUT2D eigenvalue weighted by molar-refractivity contribution is 0.171. The molecule has 2 N–H and O–H groups in total. The number of ether oxygens (including phenoxy) is 2. The summed E-state index contributed by atoms with van der Waals surface area (Å²) in [5, 5.41) is 0.592. The molecule has 1 aromatic rings. The van der Waals surface area contributed by atoms with E-state index in [0.29, 0.717) is 30.5 Å². The Morgan fingerprint density at radius 1 is 1.40 bits per heavy atom. The van der Waals surface area contributed by atoms with Crippen LogP contribution < -0.4 is 15.2 Å². The van der Waals surface area contributed by atoms with Crippen LogP contribution in [0, 0.1) is 0 Å². The lowest BCUT2D eigenvalue weighted by Crippen LogP contribution is -2.32.